The van der Waals surface area contributed by atoms with Gasteiger partial charge in [0, 0.05) is 23.8 Å². The van der Waals surface area contributed by atoms with E-state index in [1.807, 2.05) is 0 Å². The Labute approximate surface area is 95.7 Å². The molecule has 0 saturated carbocycles. The molecular weight excluding hydrogens is 235 g/mol. The molecule has 0 amide bonds. The van der Waals surface area contributed by atoms with Gasteiger partial charge in [-0.15, -0.1) is 0 Å². The van der Waals surface area contributed by atoms with Gasteiger partial charge in [0.15, 0.2) is 5.13 Å². The van der Waals surface area contributed by atoms with E-state index in [1.165, 1.54) is 23.5 Å². The number of anilines is 1. The van der Waals surface area contributed by atoms with Crippen molar-refractivity contribution in [3.8, 4) is 10.4 Å². The van der Waals surface area contributed by atoms with E-state index in [9.17, 15) is 4.39 Å². The lowest BCUT2D eigenvalue weighted by atomic mass is 10.2. The van der Waals surface area contributed by atoms with E-state index >= 15 is 0 Å². The Morgan fingerprint density at radius 3 is 2.93 bits per heavy atom. The monoisotopic (exact) mass is 242 g/mol. The number of aromatic nitrogens is 1. The molecule has 0 bridgehead atoms. The van der Waals surface area contributed by atoms with E-state index in [1.54, 1.807) is 19.3 Å². The number of hydrogen-bond donors (Lipinski definition) is 1. The Morgan fingerprint density at radius 1 is 1.47 bits per heavy atom. The summed E-state index contributed by atoms with van der Waals surface area (Å²) in [5.74, 6) is -0.286. The Hall–Kier alpha value is -1.13. The van der Waals surface area contributed by atoms with E-state index in [0.717, 1.165) is 10.0 Å². The van der Waals surface area contributed by atoms with E-state index in [2.05, 4.69) is 10.3 Å². The van der Waals surface area contributed by atoms with Crippen LogP contribution in [0.4, 0.5) is 9.52 Å². The van der Waals surface area contributed by atoms with Crippen molar-refractivity contribution >= 4 is 28.1 Å². The zero-order valence-electron chi connectivity index (χ0n) is 7.92. The third-order valence-corrected chi connectivity index (χ3v) is 3.20. The lowest BCUT2D eigenvalue weighted by Crippen LogP contribution is -1.83. The summed E-state index contributed by atoms with van der Waals surface area (Å²) in [4.78, 5) is 4.84. The first-order chi connectivity index (χ1) is 7.20. The number of nitrogens with one attached hydrogen (secondary N) is 1. The number of rotatable bonds is 2. The first-order valence-electron chi connectivity index (χ1n) is 4.29. The van der Waals surface area contributed by atoms with Gasteiger partial charge in [-0.25, -0.2) is 9.37 Å². The highest BCUT2D eigenvalue weighted by molar-refractivity contribution is 7.18. The smallest absolute Gasteiger partial charge is 0.182 e. The quantitative estimate of drug-likeness (QED) is 0.870. The van der Waals surface area contributed by atoms with Crippen LogP contribution in [0.3, 0.4) is 0 Å². The number of benzene rings is 1. The van der Waals surface area contributed by atoms with Gasteiger partial charge < -0.3 is 5.32 Å². The van der Waals surface area contributed by atoms with Crippen LogP contribution in [0.15, 0.2) is 24.4 Å². The Balaban J connectivity index is 2.48. The molecular formula is C10H8ClFN2S. The molecule has 1 heterocycles. The lowest BCUT2D eigenvalue weighted by molar-refractivity contribution is 0.631. The van der Waals surface area contributed by atoms with E-state index in [-0.39, 0.29) is 5.82 Å². The number of hydrogen-bond acceptors (Lipinski definition) is 3. The van der Waals surface area contributed by atoms with E-state index < -0.39 is 0 Å². The zero-order chi connectivity index (χ0) is 10.8. The maximum Gasteiger partial charge on any atom is 0.182 e. The third-order valence-electron chi connectivity index (χ3n) is 1.91. The molecule has 78 valence electrons. The third kappa shape index (κ3) is 2.11. The lowest BCUT2D eigenvalue weighted by Gasteiger charge is -1.99. The van der Waals surface area contributed by atoms with Gasteiger partial charge >= 0.3 is 0 Å². The molecule has 0 saturated heterocycles. The van der Waals surface area contributed by atoms with E-state index in [0.29, 0.717) is 10.6 Å². The number of nitrogens with zero attached hydrogens (tertiary/aromatic N) is 1. The number of halogens is 2. The average Bonchev–Trinajstić information content (AvgIpc) is 2.70. The predicted molar refractivity (Wildman–Crippen MR) is 62.1 cm³/mol. The Bertz CT molecular complexity index is 484. The van der Waals surface area contributed by atoms with E-state index in [4.69, 9.17) is 11.6 Å². The van der Waals surface area contributed by atoms with Crippen LogP contribution in [0.25, 0.3) is 10.4 Å². The second-order valence-electron chi connectivity index (χ2n) is 2.90. The van der Waals surface area contributed by atoms with Crippen LogP contribution in [-0.2, 0) is 0 Å². The molecule has 0 aliphatic heterocycles. The average molecular weight is 243 g/mol. The summed E-state index contributed by atoms with van der Waals surface area (Å²) >= 11 is 7.20. The molecule has 1 aromatic heterocycles. The molecule has 2 aromatic rings. The first-order valence-corrected chi connectivity index (χ1v) is 5.49. The normalized spacial score (nSPS) is 10.3. The topological polar surface area (TPSA) is 24.9 Å². The van der Waals surface area contributed by atoms with Crippen LogP contribution in [0.2, 0.25) is 5.02 Å². The fourth-order valence-corrected chi connectivity index (χ4v) is 2.16. The van der Waals surface area contributed by atoms with Crippen molar-refractivity contribution in [1.29, 1.82) is 0 Å². The van der Waals surface area contributed by atoms with Gasteiger partial charge in [0.2, 0.25) is 0 Å². The van der Waals surface area contributed by atoms with Crippen LogP contribution < -0.4 is 5.32 Å². The SMILES string of the molecule is CNc1ncc(-c2cc(Cl)ccc2F)s1. The first kappa shape index (κ1) is 10.4. The molecule has 0 spiro atoms. The Kier molecular flexibility index (Phi) is 2.88. The van der Waals surface area contributed by atoms with Gasteiger partial charge in [0.25, 0.3) is 0 Å². The minimum absolute atomic E-state index is 0.286. The highest BCUT2D eigenvalue weighted by atomic mass is 35.5. The summed E-state index contributed by atoms with van der Waals surface area (Å²) in [6, 6.07) is 4.49. The van der Waals surface area contributed by atoms with Crippen molar-refractivity contribution in [3.05, 3.63) is 35.2 Å². The molecule has 2 rings (SSSR count). The van der Waals surface area contributed by atoms with Crippen LogP contribution >= 0.6 is 22.9 Å². The van der Waals surface area contributed by atoms with Crippen LogP contribution in [0, 0.1) is 5.82 Å². The van der Waals surface area contributed by atoms with Crippen LogP contribution in [0.1, 0.15) is 0 Å². The maximum absolute atomic E-state index is 13.5. The molecule has 0 aliphatic carbocycles. The molecule has 0 atom stereocenters. The van der Waals surface area contributed by atoms with Gasteiger partial charge in [0.05, 0.1) is 4.88 Å². The van der Waals surface area contributed by atoms with Gasteiger partial charge in [-0.05, 0) is 18.2 Å². The predicted octanol–water partition coefficient (Wildman–Crippen LogP) is 3.64. The fraction of sp³-hybridized carbons (Fsp3) is 0.100. The van der Waals surface area contributed by atoms with Crippen LogP contribution in [-0.4, -0.2) is 12.0 Å². The van der Waals surface area contributed by atoms with Crippen molar-refractivity contribution < 1.29 is 4.39 Å². The fourth-order valence-electron chi connectivity index (χ4n) is 1.20. The summed E-state index contributed by atoms with van der Waals surface area (Å²) in [5.41, 5.74) is 0.488. The molecule has 0 radical (unpaired) electrons. The van der Waals surface area contributed by atoms with Gasteiger partial charge in [0.1, 0.15) is 5.82 Å². The van der Waals surface area contributed by atoms with Crippen LogP contribution in [0.5, 0.6) is 0 Å². The Morgan fingerprint density at radius 2 is 2.27 bits per heavy atom. The van der Waals surface area contributed by atoms with Crippen molar-refractivity contribution in [3.63, 3.8) is 0 Å². The second kappa shape index (κ2) is 4.16. The molecule has 0 aliphatic rings. The van der Waals surface area contributed by atoms with Crippen molar-refractivity contribution in [2.24, 2.45) is 0 Å². The molecule has 0 fully saturated rings. The summed E-state index contributed by atoms with van der Waals surface area (Å²) in [6.07, 6.45) is 1.63. The van der Waals surface area contributed by atoms with Crippen molar-refractivity contribution in [2.75, 3.05) is 12.4 Å². The molecule has 5 heteroatoms. The molecule has 15 heavy (non-hydrogen) atoms. The summed E-state index contributed by atoms with van der Waals surface area (Å²) in [7, 11) is 1.77. The van der Waals surface area contributed by atoms with Crippen molar-refractivity contribution in [2.45, 2.75) is 0 Å². The minimum Gasteiger partial charge on any atom is -0.365 e. The van der Waals surface area contributed by atoms with Gasteiger partial charge in [-0.2, -0.15) is 0 Å². The largest absolute Gasteiger partial charge is 0.365 e. The zero-order valence-corrected chi connectivity index (χ0v) is 9.49. The molecule has 1 aromatic carbocycles. The highest BCUT2D eigenvalue weighted by Gasteiger charge is 2.09. The van der Waals surface area contributed by atoms with Gasteiger partial charge in [-0.3, -0.25) is 0 Å². The summed E-state index contributed by atoms with van der Waals surface area (Å²) in [6.45, 7) is 0. The second-order valence-corrected chi connectivity index (χ2v) is 4.37. The highest BCUT2D eigenvalue weighted by Crippen LogP contribution is 2.32. The molecule has 0 unspecified atom stereocenters. The summed E-state index contributed by atoms with van der Waals surface area (Å²) < 4.78 is 13.5. The molecule has 2 nitrogen and oxygen atoms in total. The standard InChI is InChI=1S/C10H8ClFN2S/c1-13-10-14-5-9(15-10)7-4-6(11)2-3-8(7)12/h2-5H,1H3,(H,13,14). The summed E-state index contributed by atoms with van der Waals surface area (Å²) in [5, 5.41) is 4.18. The molecule has 1 N–H and O–H groups in total. The minimum atomic E-state index is -0.286. The van der Waals surface area contributed by atoms with Gasteiger partial charge in [-0.1, -0.05) is 22.9 Å². The number of thiazole rings is 1. The van der Waals surface area contributed by atoms with Crippen molar-refractivity contribution in [1.82, 2.24) is 4.98 Å². The maximum atomic E-state index is 13.5.